The maximum atomic E-state index is 5.70. The van der Waals surface area contributed by atoms with Crippen molar-refractivity contribution in [1.82, 2.24) is 4.90 Å². The molecule has 1 saturated heterocycles. The van der Waals surface area contributed by atoms with Gasteiger partial charge in [-0.05, 0) is 43.0 Å². The number of nitrogen functional groups attached to an aromatic ring is 1. The maximum absolute atomic E-state index is 5.70. The first-order valence-corrected chi connectivity index (χ1v) is 7.28. The highest BCUT2D eigenvalue weighted by molar-refractivity contribution is 7.99. The molecule has 0 aromatic heterocycles. The number of hydrogen-bond acceptors (Lipinski definition) is 4. The van der Waals surface area contributed by atoms with E-state index in [1.807, 2.05) is 24.3 Å². The zero-order valence-corrected chi connectivity index (χ0v) is 10.9. The fourth-order valence-electron chi connectivity index (χ4n) is 1.88. The molecule has 1 aromatic rings. The SMILES string of the molecule is Nc1ccc(OCCN2CCCSCC2)cc1. The van der Waals surface area contributed by atoms with Crippen LogP contribution in [0.1, 0.15) is 6.42 Å². The van der Waals surface area contributed by atoms with Crippen molar-refractivity contribution in [1.29, 1.82) is 0 Å². The molecule has 1 aromatic carbocycles. The van der Waals surface area contributed by atoms with Gasteiger partial charge < -0.3 is 10.5 Å². The number of hydrogen-bond donors (Lipinski definition) is 1. The van der Waals surface area contributed by atoms with Gasteiger partial charge in [-0.1, -0.05) is 0 Å². The minimum absolute atomic E-state index is 0.759. The summed E-state index contributed by atoms with van der Waals surface area (Å²) in [6.07, 6.45) is 1.30. The van der Waals surface area contributed by atoms with Crippen LogP contribution in [0.15, 0.2) is 24.3 Å². The molecule has 2 rings (SSSR count). The summed E-state index contributed by atoms with van der Waals surface area (Å²) in [5.74, 6) is 3.46. The van der Waals surface area contributed by atoms with Crippen molar-refractivity contribution in [3.05, 3.63) is 24.3 Å². The largest absolute Gasteiger partial charge is 0.492 e. The molecular formula is C13H20N2OS. The van der Waals surface area contributed by atoms with E-state index in [0.717, 1.165) is 24.6 Å². The number of rotatable bonds is 4. The molecule has 1 aliphatic heterocycles. The van der Waals surface area contributed by atoms with E-state index in [9.17, 15) is 0 Å². The standard InChI is InChI=1S/C13H20N2OS/c14-12-2-4-13(5-3-12)16-9-7-15-6-1-10-17-11-8-15/h2-5H,1,6-11,14H2. The minimum Gasteiger partial charge on any atom is -0.492 e. The Morgan fingerprint density at radius 2 is 2.00 bits per heavy atom. The molecule has 0 amide bonds. The van der Waals surface area contributed by atoms with Crippen LogP contribution in [0.3, 0.4) is 0 Å². The van der Waals surface area contributed by atoms with E-state index in [0.29, 0.717) is 0 Å². The van der Waals surface area contributed by atoms with Gasteiger partial charge in [0, 0.05) is 24.5 Å². The Balaban J connectivity index is 1.69. The second-order valence-electron chi connectivity index (χ2n) is 4.23. The van der Waals surface area contributed by atoms with Crippen molar-refractivity contribution in [2.45, 2.75) is 6.42 Å². The van der Waals surface area contributed by atoms with Crippen LogP contribution in [-0.4, -0.2) is 42.6 Å². The Labute approximate surface area is 107 Å². The summed E-state index contributed by atoms with van der Waals surface area (Å²) in [5, 5.41) is 0. The van der Waals surface area contributed by atoms with Crippen LogP contribution in [0.2, 0.25) is 0 Å². The van der Waals surface area contributed by atoms with Gasteiger partial charge in [-0.25, -0.2) is 0 Å². The van der Waals surface area contributed by atoms with Gasteiger partial charge in [0.05, 0.1) is 0 Å². The molecular weight excluding hydrogens is 232 g/mol. The summed E-state index contributed by atoms with van der Waals surface area (Å²) in [6, 6.07) is 7.59. The quantitative estimate of drug-likeness (QED) is 0.833. The summed E-state index contributed by atoms with van der Waals surface area (Å²) in [5.41, 5.74) is 6.40. The second kappa shape index (κ2) is 6.77. The summed E-state index contributed by atoms with van der Waals surface area (Å²) in [6.45, 7) is 4.17. The van der Waals surface area contributed by atoms with Crippen LogP contribution in [0.4, 0.5) is 5.69 Å². The van der Waals surface area contributed by atoms with E-state index in [2.05, 4.69) is 16.7 Å². The van der Waals surface area contributed by atoms with Crippen LogP contribution < -0.4 is 10.5 Å². The molecule has 0 spiro atoms. The van der Waals surface area contributed by atoms with Gasteiger partial charge in [-0.2, -0.15) is 11.8 Å². The lowest BCUT2D eigenvalue weighted by Crippen LogP contribution is -2.30. The first kappa shape index (κ1) is 12.6. The van der Waals surface area contributed by atoms with Crippen LogP contribution in [0, 0.1) is 0 Å². The van der Waals surface area contributed by atoms with Gasteiger partial charge in [-0.3, -0.25) is 4.90 Å². The highest BCUT2D eigenvalue weighted by Crippen LogP contribution is 2.13. The predicted molar refractivity (Wildman–Crippen MR) is 74.7 cm³/mol. The summed E-state index contributed by atoms with van der Waals surface area (Å²) >= 11 is 2.05. The highest BCUT2D eigenvalue weighted by Gasteiger charge is 2.08. The number of ether oxygens (including phenoxy) is 1. The molecule has 0 bridgehead atoms. The van der Waals surface area contributed by atoms with Gasteiger partial charge in [0.25, 0.3) is 0 Å². The fraction of sp³-hybridized carbons (Fsp3) is 0.538. The van der Waals surface area contributed by atoms with E-state index in [-0.39, 0.29) is 0 Å². The Bertz CT molecular complexity index is 321. The predicted octanol–water partition coefficient (Wildman–Crippen LogP) is 2.09. The summed E-state index contributed by atoms with van der Waals surface area (Å²) in [4.78, 5) is 2.48. The fourth-order valence-corrected chi connectivity index (χ4v) is 2.80. The number of anilines is 1. The molecule has 1 aliphatic rings. The zero-order valence-electron chi connectivity index (χ0n) is 10.1. The average Bonchev–Trinajstić information content (AvgIpc) is 2.60. The Hall–Kier alpha value is -0.870. The molecule has 4 heteroatoms. The topological polar surface area (TPSA) is 38.5 Å². The maximum Gasteiger partial charge on any atom is 0.119 e. The third-order valence-electron chi connectivity index (χ3n) is 2.87. The lowest BCUT2D eigenvalue weighted by Gasteiger charge is -2.19. The lowest BCUT2D eigenvalue weighted by molar-refractivity contribution is 0.219. The molecule has 2 N–H and O–H groups in total. The van der Waals surface area contributed by atoms with Gasteiger partial charge in [-0.15, -0.1) is 0 Å². The van der Waals surface area contributed by atoms with Gasteiger partial charge in [0.1, 0.15) is 12.4 Å². The number of thioether (sulfide) groups is 1. The monoisotopic (exact) mass is 252 g/mol. The van der Waals surface area contributed by atoms with E-state index in [4.69, 9.17) is 10.5 Å². The minimum atomic E-state index is 0.759. The van der Waals surface area contributed by atoms with Crippen molar-refractivity contribution in [2.24, 2.45) is 0 Å². The molecule has 1 heterocycles. The second-order valence-corrected chi connectivity index (χ2v) is 5.45. The summed E-state index contributed by atoms with van der Waals surface area (Å²) in [7, 11) is 0. The average molecular weight is 252 g/mol. The molecule has 0 saturated carbocycles. The van der Waals surface area contributed by atoms with E-state index >= 15 is 0 Å². The Morgan fingerprint density at radius 1 is 1.18 bits per heavy atom. The Kier molecular flexibility index (Phi) is 5.01. The van der Waals surface area contributed by atoms with E-state index in [1.165, 1.54) is 31.0 Å². The van der Waals surface area contributed by atoms with Crippen molar-refractivity contribution in [2.75, 3.05) is 43.5 Å². The molecule has 3 nitrogen and oxygen atoms in total. The number of nitrogens with zero attached hydrogens (tertiary/aromatic N) is 1. The Morgan fingerprint density at radius 3 is 2.82 bits per heavy atom. The molecule has 0 aliphatic carbocycles. The number of nitrogens with two attached hydrogens (primary N) is 1. The van der Waals surface area contributed by atoms with Crippen LogP contribution in [0.25, 0.3) is 0 Å². The van der Waals surface area contributed by atoms with Gasteiger partial charge >= 0.3 is 0 Å². The number of benzene rings is 1. The third kappa shape index (κ3) is 4.48. The van der Waals surface area contributed by atoms with E-state index < -0.39 is 0 Å². The van der Waals surface area contributed by atoms with Crippen LogP contribution >= 0.6 is 11.8 Å². The molecule has 0 unspecified atom stereocenters. The first-order valence-electron chi connectivity index (χ1n) is 6.13. The molecule has 17 heavy (non-hydrogen) atoms. The van der Waals surface area contributed by atoms with Gasteiger partial charge in [0.2, 0.25) is 0 Å². The third-order valence-corrected chi connectivity index (χ3v) is 3.92. The highest BCUT2D eigenvalue weighted by atomic mass is 32.2. The van der Waals surface area contributed by atoms with Crippen molar-refractivity contribution >= 4 is 17.4 Å². The molecule has 0 radical (unpaired) electrons. The van der Waals surface area contributed by atoms with Gasteiger partial charge in [0.15, 0.2) is 0 Å². The van der Waals surface area contributed by atoms with Crippen LogP contribution in [-0.2, 0) is 0 Å². The zero-order chi connectivity index (χ0) is 11.9. The normalized spacial score (nSPS) is 17.6. The van der Waals surface area contributed by atoms with Crippen molar-refractivity contribution in [3.63, 3.8) is 0 Å². The lowest BCUT2D eigenvalue weighted by atomic mass is 10.3. The molecule has 94 valence electrons. The molecule has 0 atom stereocenters. The van der Waals surface area contributed by atoms with Crippen LogP contribution in [0.5, 0.6) is 5.75 Å². The smallest absolute Gasteiger partial charge is 0.119 e. The molecule has 1 fully saturated rings. The first-order chi connectivity index (χ1) is 8.34. The van der Waals surface area contributed by atoms with E-state index in [1.54, 1.807) is 0 Å². The van der Waals surface area contributed by atoms with Crippen molar-refractivity contribution in [3.8, 4) is 5.75 Å². The van der Waals surface area contributed by atoms with Crippen molar-refractivity contribution < 1.29 is 4.74 Å². The summed E-state index contributed by atoms with van der Waals surface area (Å²) < 4.78 is 5.70.